The van der Waals surface area contributed by atoms with Crippen LogP contribution in [0, 0.1) is 17.1 Å². The number of amides is 2. The Morgan fingerprint density at radius 1 is 1.18 bits per heavy atom. The van der Waals surface area contributed by atoms with Crippen molar-refractivity contribution >= 4 is 23.2 Å². The van der Waals surface area contributed by atoms with E-state index in [0.717, 1.165) is 28.8 Å². The highest BCUT2D eigenvalue weighted by atomic mass is 32.1. The van der Waals surface area contributed by atoms with E-state index in [4.69, 9.17) is 11.0 Å². The summed E-state index contributed by atoms with van der Waals surface area (Å²) in [5, 5.41) is 11.9. The summed E-state index contributed by atoms with van der Waals surface area (Å²) in [6.07, 6.45) is 1.77. The van der Waals surface area contributed by atoms with E-state index in [-0.39, 0.29) is 23.4 Å². The zero-order chi connectivity index (χ0) is 23.1. The molecule has 6 nitrogen and oxygen atoms in total. The van der Waals surface area contributed by atoms with Crippen LogP contribution in [0.15, 0.2) is 42.5 Å². The van der Waals surface area contributed by atoms with E-state index in [9.17, 15) is 14.0 Å². The van der Waals surface area contributed by atoms with E-state index < -0.39 is 5.82 Å². The summed E-state index contributed by atoms with van der Waals surface area (Å²) in [6, 6.07) is 13.6. The third kappa shape index (κ3) is 3.90. The molecule has 0 aliphatic carbocycles. The number of carbonyl (C=O) groups is 2. The van der Waals surface area contributed by atoms with Crippen LogP contribution in [0.1, 0.15) is 44.0 Å². The lowest BCUT2D eigenvalue weighted by molar-refractivity contribution is 0.0713. The number of nitriles is 1. The average Bonchev–Trinajstić information content (AvgIpc) is 3.42. The van der Waals surface area contributed by atoms with Crippen molar-refractivity contribution < 1.29 is 14.0 Å². The third-order valence-electron chi connectivity index (χ3n) is 6.14. The number of rotatable bonds is 3. The number of benzene rings is 2. The molecule has 1 fully saturated rings. The highest BCUT2D eigenvalue weighted by Gasteiger charge is 2.26. The van der Waals surface area contributed by atoms with Gasteiger partial charge in [-0.2, -0.15) is 5.26 Å². The maximum Gasteiger partial charge on any atom is 0.264 e. The summed E-state index contributed by atoms with van der Waals surface area (Å²) in [7, 11) is 0. The molecule has 0 saturated carbocycles. The topological polar surface area (TPSA) is 99.2 Å². The zero-order valence-corrected chi connectivity index (χ0v) is 18.5. The predicted molar refractivity (Wildman–Crippen MR) is 124 cm³/mol. The van der Waals surface area contributed by atoms with Crippen LogP contribution in [0.4, 0.5) is 4.39 Å². The van der Waals surface area contributed by atoms with Gasteiger partial charge in [-0.1, -0.05) is 12.1 Å². The lowest BCUT2D eigenvalue weighted by Crippen LogP contribution is -2.45. The number of hydrogen-bond donors (Lipinski definition) is 2. The number of fused-ring (bicyclic) bond motifs is 1. The van der Waals surface area contributed by atoms with Crippen molar-refractivity contribution in [3.05, 3.63) is 69.8 Å². The van der Waals surface area contributed by atoms with E-state index in [1.807, 2.05) is 18.2 Å². The molecule has 1 atom stereocenters. The second-order valence-corrected chi connectivity index (χ2v) is 9.42. The fourth-order valence-corrected chi connectivity index (χ4v) is 5.57. The Balaban J connectivity index is 1.61. The number of carbonyl (C=O) groups excluding carboxylic acids is 2. The maximum absolute atomic E-state index is 14.4. The Bertz CT molecular complexity index is 1330. The second kappa shape index (κ2) is 8.43. The van der Waals surface area contributed by atoms with Gasteiger partial charge in [0.05, 0.1) is 10.4 Å². The average molecular weight is 461 g/mol. The molecule has 0 unspecified atom stereocenters. The van der Waals surface area contributed by atoms with E-state index >= 15 is 0 Å². The van der Waals surface area contributed by atoms with Crippen LogP contribution in [0.5, 0.6) is 0 Å². The van der Waals surface area contributed by atoms with Crippen molar-refractivity contribution in [3.63, 3.8) is 0 Å². The fraction of sp³-hybridized carbons (Fsp3) is 0.240. The molecular weight excluding hydrogens is 439 g/mol. The second-order valence-electron chi connectivity index (χ2n) is 8.37. The predicted octanol–water partition coefficient (Wildman–Crippen LogP) is 3.90. The lowest BCUT2D eigenvalue weighted by atomic mass is 9.98. The number of nitrogens with one attached hydrogen (secondary N) is 1. The largest absolute Gasteiger partial charge is 0.348 e. The molecular formula is C25H21FN4O2S. The van der Waals surface area contributed by atoms with Gasteiger partial charge in [-0.3, -0.25) is 9.59 Å². The van der Waals surface area contributed by atoms with Gasteiger partial charge >= 0.3 is 0 Å². The summed E-state index contributed by atoms with van der Waals surface area (Å²) >= 11 is 1.35. The Morgan fingerprint density at radius 2 is 2.00 bits per heavy atom. The molecule has 3 aromatic rings. The van der Waals surface area contributed by atoms with Gasteiger partial charge in [0.1, 0.15) is 11.9 Å². The lowest BCUT2D eigenvalue weighted by Gasteiger charge is -2.30. The number of halogens is 1. The number of hydrogen-bond acceptors (Lipinski definition) is 5. The molecule has 2 aliphatic rings. The van der Waals surface area contributed by atoms with Gasteiger partial charge in [0, 0.05) is 41.7 Å². The van der Waals surface area contributed by atoms with Crippen molar-refractivity contribution in [1.82, 2.24) is 10.2 Å². The minimum absolute atomic E-state index is 0.0312. The Morgan fingerprint density at radius 3 is 2.76 bits per heavy atom. The molecule has 8 heteroatoms. The minimum atomic E-state index is -0.606. The number of thiophene rings is 1. The standard InChI is InChI=1S/C25H21FN4O2S/c26-21-9-14(3-4-16(21)11-27)20-10-22(25(32)30-7-1-2-18(28)13-30)33-23(20)15-5-6-19-17(8-15)12-29-24(19)31/h3-6,8-10,18H,1-2,7,12-13,28H2,(H,29,31)/t18-/m1/s1. The van der Waals surface area contributed by atoms with E-state index in [1.54, 1.807) is 23.1 Å². The molecule has 0 spiro atoms. The van der Waals surface area contributed by atoms with Crippen LogP contribution in [0.3, 0.4) is 0 Å². The zero-order valence-electron chi connectivity index (χ0n) is 17.7. The molecule has 166 valence electrons. The smallest absolute Gasteiger partial charge is 0.264 e. The van der Waals surface area contributed by atoms with Crippen LogP contribution >= 0.6 is 11.3 Å². The summed E-state index contributed by atoms with van der Waals surface area (Å²) in [6.45, 7) is 1.62. The van der Waals surface area contributed by atoms with Crippen molar-refractivity contribution in [2.75, 3.05) is 13.1 Å². The fourth-order valence-electron chi connectivity index (χ4n) is 4.42. The van der Waals surface area contributed by atoms with Gasteiger partial charge in [-0.05, 0) is 59.9 Å². The Labute approximate surface area is 194 Å². The summed E-state index contributed by atoms with van der Waals surface area (Å²) in [5.41, 5.74) is 9.72. The molecule has 2 amide bonds. The molecule has 1 aromatic heterocycles. The monoisotopic (exact) mass is 460 g/mol. The van der Waals surface area contributed by atoms with Gasteiger partial charge < -0.3 is 16.0 Å². The van der Waals surface area contributed by atoms with Gasteiger partial charge in [0.2, 0.25) is 0 Å². The normalized spacial score (nSPS) is 17.4. The first-order chi connectivity index (χ1) is 15.9. The molecule has 3 N–H and O–H groups in total. The third-order valence-corrected chi connectivity index (χ3v) is 7.31. The summed E-state index contributed by atoms with van der Waals surface area (Å²) in [4.78, 5) is 28.4. The molecule has 1 saturated heterocycles. The molecule has 3 heterocycles. The quantitative estimate of drug-likeness (QED) is 0.619. The molecule has 33 heavy (non-hydrogen) atoms. The number of nitrogens with zero attached hydrogens (tertiary/aromatic N) is 2. The van der Waals surface area contributed by atoms with Gasteiger partial charge in [-0.15, -0.1) is 11.3 Å². The van der Waals surface area contributed by atoms with E-state index in [0.29, 0.717) is 41.2 Å². The van der Waals surface area contributed by atoms with Crippen LogP contribution in [0.25, 0.3) is 21.6 Å². The summed E-state index contributed by atoms with van der Waals surface area (Å²) in [5.74, 6) is -0.796. The summed E-state index contributed by atoms with van der Waals surface area (Å²) < 4.78 is 14.4. The van der Waals surface area contributed by atoms with Gasteiger partial charge in [0.25, 0.3) is 11.8 Å². The van der Waals surface area contributed by atoms with Crippen LogP contribution in [-0.2, 0) is 6.54 Å². The first kappa shape index (κ1) is 21.3. The Hall–Kier alpha value is -3.54. The number of likely N-dealkylation sites (tertiary alicyclic amines) is 1. The first-order valence-electron chi connectivity index (χ1n) is 10.7. The van der Waals surface area contributed by atoms with Crippen molar-refractivity contribution in [2.24, 2.45) is 5.73 Å². The minimum Gasteiger partial charge on any atom is -0.348 e. The molecule has 0 radical (unpaired) electrons. The molecule has 5 rings (SSSR count). The van der Waals surface area contributed by atoms with E-state index in [2.05, 4.69) is 5.32 Å². The van der Waals surface area contributed by atoms with Crippen molar-refractivity contribution in [1.29, 1.82) is 5.26 Å². The number of piperidine rings is 1. The van der Waals surface area contributed by atoms with E-state index in [1.165, 1.54) is 23.5 Å². The van der Waals surface area contributed by atoms with Gasteiger partial charge in [-0.25, -0.2) is 4.39 Å². The molecule has 2 aliphatic heterocycles. The SMILES string of the molecule is N#Cc1ccc(-c2cc(C(=O)N3CCC[C@@H](N)C3)sc2-c2ccc3c(c2)CNC3=O)cc1F. The maximum atomic E-state index is 14.4. The van der Waals surface area contributed by atoms with Crippen molar-refractivity contribution in [2.45, 2.75) is 25.4 Å². The van der Waals surface area contributed by atoms with Crippen LogP contribution in [0.2, 0.25) is 0 Å². The highest BCUT2D eigenvalue weighted by molar-refractivity contribution is 7.18. The molecule has 0 bridgehead atoms. The van der Waals surface area contributed by atoms with Crippen LogP contribution in [-0.4, -0.2) is 35.8 Å². The van der Waals surface area contributed by atoms with Gasteiger partial charge in [0.15, 0.2) is 0 Å². The Kier molecular flexibility index (Phi) is 5.44. The number of nitrogens with two attached hydrogens (primary N) is 1. The molecule has 2 aromatic carbocycles. The van der Waals surface area contributed by atoms with Crippen LogP contribution < -0.4 is 11.1 Å². The first-order valence-corrected chi connectivity index (χ1v) is 11.6. The van der Waals surface area contributed by atoms with Crippen molar-refractivity contribution in [3.8, 4) is 27.6 Å². The highest BCUT2D eigenvalue weighted by Crippen LogP contribution is 2.41.